The van der Waals surface area contributed by atoms with Crippen LogP contribution in [0.2, 0.25) is 0 Å². The van der Waals surface area contributed by atoms with Crippen molar-refractivity contribution >= 4 is 5.97 Å². The average molecular weight is 282 g/mol. The van der Waals surface area contributed by atoms with Crippen LogP contribution in [0, 0.1) is 23.2 Å². The number of esters is 1. The summed E-state index contributed by atoms with van der Waals surface area (Å²) in [5, 5.41) is 10.6. The number of aliphatic hydroxyl groups is 1. The number of methoxy groups -OCH3 is 1. The molecular weight excluding hydrogens is 252 g/mol. The van der Waals surface area contributed by atoms with Crippen molar-refractivity contribution in [3.05, 3.63) is 12.2 Å². The van der Waals surface area contributed by atoms with Gasteiger partial charge in [-0.3, -0.25) is 4.79 Å². The summed E-state index contributed by atoms with van der Waals surface area (Å²) in [5.74, 6) is 0.718. The highest BCUT2D eigenvalue weighted by molar-refractivity contribution is 5.69. The molecule has 20 heavy (non-hydrogen) atoms. The molecule has 1 saturated carbocycles. The fraction of sp³-hybridized carbons (Fsp3) is 0.824. The molecule has 0 saturated heterocycles. The molecule has 0 aromatic rings. The maximum atomic E-state index is 11.3. The van der Waals surface area contributed by atoms with Gasteiger partial charge in [0.2, 0.25) is 0 Å². The monoisotopic (exact) mass is 282 g/mol. The zero-order valence-electron chi connectivity index (χ0n) is 13.6. The molecule has 1 fully saturated rings. The van der Waals surface area contributed by atoms with Gasteiger partial charge in [-0.1, -0.05) is 32.9 Å². The Balaban J connectivity index is 2.78. The first-order valence-electron chi connectivity index (χ1n) is 7.57. The van der Waals surface area contributed by atoms with E-state index in [0.717, 1.165) is 24.8 Å². The summed E-state index contributed by atoms with van der Waals surface area (Å²) in [7, 11) is 1.43. The van der Waals surface area contributed by atoms with Gasteiger partial charge in [-0.25, -0.2) is 0 Å². The summed E-state index contributed by atoms with van der Waals surface area (Å²) >= 11 is 0. The maximum Gasteiger partial charge on any atom is 0.305 e. The van der Waals surface area contributed by atoms with E-state index in [0.29, 0.717) is 12.3 Å². The second kappa shape index (κ2) is 6.75. The highest BCUT2D eigenvalue weighted by Crippen LogP contribution is 2.45. The zero-order valence-corrected chi connectivity index (χ0v) is 13.6. The van der Waals surface area contributed by atoms with E-state index in [2.05, 4.69) is 27.4 Å². The van der Waals surface area contributed by atoms with Crippen molar-refractivity contribution in [1.29, 1.82) is 0 Å². The van der Waals surface area contributed by atoms with Crippen molar-refractivity contribution in [3.8, 4) is 0 Å². The largest absolute Gasteiger partial charge is 0.469 e. The first kappa shape index (κ1) is 17.2. The lowest BCUT2D eigenvalue weighted by atomic mass is 9.62. The van der Waals surface area contributed by atoms with Crippen LogP contribution in [0.25, 0.3) is 0 Å². The summed E-state index contributed by atoms with van der Waals surface area (Å²) in [6.07, 6.45) is 2.90. The van der Waals surface area contributed by atoms with E-state index in [-0.39, 0.29) is 29.3 Å². The normalized spacial score (nSPS) is 30.9. The van der Waals surface area contributed by atoms with Gasteiger partial charge in [0.25, 0.3) is 0 Å². The SMILES string of the molecule is C=C(C)C1CC(CCC(=O)OC)CC(C(C)(C)C)C1O. The molecule has 0 heterocycles. The van der Waals surface area contributed by atoms with Gasteiger partial charge >= 0.3 is 5.97 Å². The van der Waals surface area contributed by atoms with Gasteiger partial charge in [0.05, 0.1) is 13.2 Å². The van der Waals surface area contributed by atoms with E-state index >= 15 is 0 Å². The Morgan fingerprint density at radius 3 is 2.40 bits per heavy atom. The number of ether oxygens (including phenoxy) is 1. The molecule has 0 bridgehead atoms. The predicted octanol–water partition coefficient (Wildman–Crippen LogP) is 3.57. The minimum Gasteiger partial charge on any atom is -0.469 e. The number of hydrogen-bond donors (Lipinski definition) is 1. The van der Waals surface area contributed by atoms with Crippen LogP contribution >= 0.6 is 0 Å². The van der Waals surface area contributed by atoms with Crippen molar-refractivity contribution in [1.82, 2.24) is 0 Å². The summed E-state index contributed by atoms with van der Waals surface area (Å²) in [6, 6.07) is 0. The van der Waals surface area contributed by atoms with Crippen LogP contribution in [-0.4, -0.2) is 24.3 Å². The van der Waals surface area contributed by atoms with Crippen molar-refractivity contribution in [2.75, 3.05) is 7.11 Å². The van der Waals surface area contributed by atoms with Crippen LogP contribution in [0.1, 0.15) is 53.4 Å². The highest BCUT2D eigenvalue weighted by atomic mass is 16.5. The molecule has 0 aliphatic heterocycles. The molecule has 0 radical (unpaired) electrons. The average Bonchev–Trinajstić information content (AvgIpc) is 2.35. The van der Waals surface area contributed by atoms with Crippen molar-refractivity contribution in [3.63, 3.8) is 0 Å². The molecule has 3 heteroatoms. The number of carbonyl (C=O) groups excluding carboxylic acids is 1. The molecule has 116 valence electrons. The topological polar surface area (TPSA) is 46.5 Å². The van der Waals surface area contributed by atoms with E-state index in [1.807, 2.05) is 6.92 Å². The molecule has 0 amide bonds. The molecule has 1 aliphatic rings. The number of aliphatic hydroxyl groups excluding tert-OH is 1. The van der Waals surface area contributed by atoms with Crippen LogP contribution in [0.4, 0.5) is 0 Å². The molecule has 1 N–H and O–H groups in total. The van der Waals surface area contributed by atoms with Gasteiger partial charge in [-0.05, 0) is 43.4 Å². The van der Waals surface area contributed by atoms with E-state index in [1.54, 1.807) is 0 Å². The molecule has 3 nitrogen and oxygen atoms in total. The molecular formula is C17H30O3. The molecule has 4 atom stereocenters. The first-order valence-corrected chi connectivity index (χ1v) is 7.57. The van der Waals surface area contributed by atoms with Gasteiger partial charge in [0.15, 0.2) is 0 Å². The Bertz CT molecular complexity index is 354. The molecule has 1 aliphatic carbocycles. The van der Waals surface area contributed by atoms with E-state index in [1.165, 1.54) is 7.11 Å². The van der Waals surface area contributed by atoms with E-state index in [4.69, 9.17) is 4.74 Å². The second-order valence-corrected chi connectivity index (χ2v) is 7.37. The lowest BCUT2D eigenvalue weighted by Crippen LogP contribution is -2.43. The predicted molar refractivity (Wildman–Crippen MR) is 81.2 cm³/mol. The summed E-state index contributed by atoms with van der Waals surface area (Å²) in [6.45, 7) is 12.6. The Morgan fingerprint density at radius 1 is 1.35 bits per heavy atom. The maximum absolute atomic E-state index is 11.3. The summed E-state index contributed by atoms with van der Waals surface area (Å²) in [4.78, 5) is 11.3. The number of hydrogen-bond acceptors (Lipinski definition) is 3. The highest BCUT2D eigenvalue weighted by Gasteiger charge is 2.42. The third-order valence-electron chi connectivity index (χ3n) is 4.73. The van der Waals surface area contributed by atoms with Crippen molar-refractivity contribution in [2.24, 2.45) is 23.2 Å². The van der Waals surface area contributed by atoms with Gasteiger partial charge in [-0.15, -0.1) is 0 Å². The second-order valence-electron chi connectivity index (χ2n) is 7.37. The molecule has 1 rings (SSSR count). The van der Waals surface area contributed by atoms with Gasteiger partial charge in [0, 0.05) is 12.3 Å². The Kier molecular flexibility index (Phi) is 5.81. The minimum atomic E-state index is -0.318. The van der Waals surface area contributed by atoms with Crippen LogP contribution in [0.15, 0.2) is 12.2 Å². The van der Waals surface area contributed by atoms with Gasteiger partial charge < -0.3 is 9.84 Å². The fourth-order valence-electron chi connectivity index (χ4n) is 3.39. The third kappa shape index (κ3) is 4.34. The Labute approximate surface area is 123 Å². The Morgan fingerprint density at radius 2 is 1.95 bits per heavy atom. The van der Waals surface area contributed by atoms with Crippen LogP contribution in [0.3, 0.4) is 0 Å². The molecule has 0 aromatic carbocycles. The van der Waals surface area contributed by atoms with Gasteiger partial charge in [-0.2, -0.15) is 0 Å². The zero-order chi connectivity index (χ0) is 15.5. The van der Waals surface area contributed by atoms with Gasteiger partial charge in [0.1, 0.15) is 0 Å². The summed E-state index contributed by atoms with van der Waals surface area (Å²) in [5.41, 5.74) is 1.12. The van der Waals surface area contributed by atoms with Crippen molar-refractivity contribution in [2.45, 2.75) is 59.5 Å². The number of rotatable bonds is 4. The Hall–Kier alpha value is -0.830. The fourth-order valence-corrected chi connectivity index (χ4v) is 3.39. The van der Waals surface area contributed by atoms with Crippen LogP contribution < -0.4 is 0 Å². The van der Waals surface area contributed by atoms with Crippen molar-refractivity contribution < 1.29 is 14.6 Å². The third-order valence-corrected chi connectivity index (χ3v) is 4.73. The molecule has 0 spiro atoms. The molecule has 4 unspecified atom stereocenters. The minimum absolute atomic E-state index is 0.0665. The smallest absolute Gasteiger partial charge is 0.305 e. The lowest BCUT2D eigenvalue weighted by Gasteiger charge is -2.45. The summed E-state index contributed by atoms with van der Waals surface area (Å²) < 4.78 is 4.72. The van der Waals surface area contributed by atoms with Crippen LogP contribution in [0.5, 0.6) is 0 Å². The van der Waals surface area contributed by atoms with E-state index in [9.17, 15) is 9.90 Å². The van der Waals surface area contributed by atoms with Crippen LogP contribution in [-0.2, 0) is 9.53 Å². The first-order chi connectivity index (χ1) is 9.16. The number of carbonyl (C=O) groups is 1. The van der Waals surface area contributed by atoms with E-state index < -0.39 is 0 Å². The lowest BCUT2D eigenvalue weighted by molar-refractivity contribution is -0.141. The quantitative estimate of drug-likeness (QED) is 0.633. The molecule has 0 aromatic heterocycles. The standard InChI is InChI=1S/C17H30O3/c1-11(2)13-9-12(7-8-15(18)20-6)10-14(16(13)19)17(3,4)5/h12-14,16,19H,1,7-10H2,2-6H3.